The second-order valence-corrected chi connectivity index (χ2v) is 3.78. The zero-order valence-electron chi connectivity index (χ0n) is 8.21. The van der Waals surface area contributed by atoms with E-state index in [-0.39, 0.29) is 11.7 Å². The lowest BCUT2D eigenvalue weighted by atomic mass is 9.85. The molecule has 1 unspecified atom stereocenters. The van der Waals surface area contributed by atoms with Gasteiger partial charge in [-0.2, -0.15) is 0 Å². The van der Waals surface area contributed by atoms with E-state index >= 15 is 0 Å². The van der Waals surface area contributed by atoms with Gasteiger partial charge in [0.15, 0.2) is 0 Å². The third-order valence-corrected chi connectivity index (χ3v) is 2.54. The molecule has 72 valence electrons. The predicted octanol–water partition coefficient (Wildman–Crippen LogP) is 2.69. The first kappa shape index (κ1) is 10.2. The SMILES string of the molecule is CC(C)C(C)(O)c1ccccc1F. The molecule has 1 atom stereocenters. The first-order valence-electron chi connectivity index (χ1n) is 4.43. The molecule has 0 aliphatic carbocycles. The maximum absolute atomic E-state index is 13.3. The van der Waals surface area contributed by atoms with E-state index in [0.29, 0.717) is 5.56 Å². The van der Waals surface area contributed by atoms with E-state index in [0.717, 1.165) is 0 Å². The fourth-order valence-corrected chi connectivity index (χ4v) is 1.18. The summed E-state index contributed by atoms with van der Waals surface area (Å²) in [7, 11) is 0. The minimum Gasteiger partial charge on any atom is -0.385 e. The van der Waals surface area contributed by atoms with Crippen molar-refractivity contribution in [3.8, 4) is 0 Å². The molecule has 0 amide bonds. The number of rotatable bonds is 2. The molecule has 0 bridgehead atoms. The number of hydrogen-bond acceptors (Lipinski definition) is 1. The van der Waals surface area contributed by atoms with E-state index in [1.807, 2.05) is 13.8 Å². The lowest BCUT2D eigenvalue weighted by molar-refractivity contribution is 0.00577. The Morgan fingerprint density at radius 1 is 1.31 bits per heavy atom. The minimum absolute atomic E-state index is 0.00981. The van der Waals surface area contributed by atoms with Gasteiger partial charge in [-0.1, -0.05) is 32.0 Å². The van der Waals surface area contributed by atoms with Gasteiger partial charge >= 0.3 is 0 Å². The van der Waals surface area contributed by atoms with Crippen LogP contribution in [0, 0.1) is 11.7 Å². The van der Waals surface area contributed by atoms with Gasteiger partial charge in [0, 0.05) is 5.56 Å². The molecule has 0 heterocycles. The van der Waals surface area contributed by atoms with Crippen LogP contribution in [0.2, 0.25) is 0 Å². The Bertz CT molecular complexity index is 292. The van der Waals surface area contributed by atoms with Crippen molar-refractivity contribution >= 4 is 0 Å². The standard InChI is InChI=1S/C11H15FO/c1-8(2)11(3,13)9-6-4-5-7-10(9)12/h4-8,13H,1-3H3. The van der Waals surface area contributed by atoms with Crippen molar-refractivity contribution in [1.29, 1.82) is 0 Å². The van der Waals surface area contributed by atoms with Gasteiger partial charge < -0.3 is 5.11 Å². The van der Waals surface area contributed by atoms with Crippen LogP contribution in [0.1, 0.15) is 26.3 Å². The van der Waals surface area contributed by atoms with Crippen LogP contribution in [0.25, 0.3) is 0 Å². The van der Waals surface area contributed by atoms with Crippen molar-refractivity contribution in [2.45, 2.75) is 26.4 Å². The first-order valence-corrected chi connectivity index (χ1v) is 4.43. The maximum Gasteiger partial charge on any atom is 0.129 e. The van der Waals surface area contributed by atoms with E-state index in [4.69, 9.17) is 0 Å². The molecular formula is C11H15FO. The molecule has 0 radical (unpaired) electrons. The molecular weight excluding hydrogens is 167 g/mol. The van der Waals surface area contributed by atoms with Crippen molar-refractivity contribution < 1.29 is 9.50 Å². The van der Waals surface area contributed by atoms with Gasteiger partial charge in [-0.25, -0.2) is 4.39 Å². The van der Waals surface area contributed by atoms with Gasteiger partial charge in [0.25, 0.3) is 0 Å². The summed E-state index contributed by atoms with van der Waals surface area (Å²) in [6, 6.07) is 6.34. The van der Waals surface area contributed by atoms with E-state index < -0.39 is 5.60 Å². The molecule has 1 N–H and O–H groups in total. The molecule has 1 nitrogen and oxygen atoms in total. The van der Waals surface area contributed by atoms with Gasteiger partial charge in [-0.3, -0.25) is 0 Å². The van der Waals surface area contributed by atoms with Gasteiger partial charge in [-0.05, 0) is 18.9 Å². The van der Waals surface area contributed by atoms with Crippen LogP contribution in [0.5, 0.6) is 0 Å². The molecule has 0 aliphatic heterocycles. The highest BCUT2D eigenvalue weighted by atomic mass is 19.1. The third-order valence-electron chi connectivity index (χ3n) is 2.54. The predicted molar refractivity (Wildman–Crippen MR) is 50.8 cm³/mol. The van der Waals surface area contributed by atoms with E-state index in [1.54, 1.807) is 25.1 Å². The van der Waals surface area contributed by atoms with Crippen molar-refractivity contribution in [1.82, 2.24) is 0 Å². The normalized spacial score (nSPS) is 15.8. The smallest absolute Gasteiger partial charge is 0.129 e. The summed E-state index contributed by atoms with van der Waals surface area (Å²) in [5.41, 5.74) is -0.726. The summed E-state index contributed by atoms with van der Waals surface area (Å²) in [6.45, 7) is 5.37. The summed E-state index contributed by atoms with van der Waals surface area (Å²) in [4.78, 5) is 0. The number of halogens is 1. The van der Waals surface area contributed by atoms with Crippen molar-refractivity contribution in [3.05, 3.63) is 35.6 Å². The molecule has 2 heteroatoms. The second kappa shape index (κ2) is 3.46. The Balaban J connectivity index is 3.14. The number of benzene rings is 1. The van der Waals surface area contributed by atoms with Crippen LogP contribution in [-0.4, -0.2) is 5.11 Å². The van der Waals surface area contributed by atoms with Crippen LogP contribution in [-0.2, 0) is 5.60 Å². The second-order valence-electron chi connectivity index (χ2n) is 3.78. The van der Waals surface area contributed by atoms with E-state index in [2.05, 4.69) is 0 Å². The minimum atomic E-state index is -1.09. The first-order chi connectivity index (χ1) is 5.96. The molecule has 0 saturated carbocycles. The summed E-state index contributed by atoms with van der Waals surface area (Å²) in [6.07, 6.45) is 0. The zero-order chi connectivity index (χ0) is 10.1. The third kappa shape index (κ3) is 1.89. The highest BCUT2D eigenvalue weighted by Gasteiger charge is 2.29. The molecule has 0 fully saturated rings. The molecule has 1 aromatic carbocycles. The topological polar surface area (TPSA) is 20.2 Å². The molecule has 0 spiro atoms. The number of hydrogen-bond donors (Lipinski definition) is 1. The molecule has 13 heavy (non-hydrogen) atoms. The Labute approximate surface area is 78.2 Å². The lowest BCUT2D eigenvalue weighted by Gasteiger charge is -2.28. The van der Waals surface area contributed by atoms with Gasteiger partial charge in [0.2, 0.25) is 0 Å². The highest BCUT2D eigenvalue weighted by molar-refractivity contribution is 5.23. The average Bonchev–Trinajstić information content (AvgIpc) is 2.04. The molecule has 1 aromatic rings. The van der Waals surface area contributed by atoms with Crippen LogP contribution in [0.15, 0.2) is 24.3 Å². The van der Waals surface area contributed by atoms with Crippen LogP contribution >= 0.6 is 0 Å². The fourth-order valence-electron chi connectivity index (χ4n) is 1.18. The molecule has 0 aromatic heterocycles. The Kier molecular flexibility index (Phi) is 2.71. The Morgan fingerprint density at radius 2 is 1.85 bits per heavy atom. The van der Waals surface area contributed by atoms with Gasteiger partial charge in [-0.15, -0.1) is 0 Å². The zero-order valence-corrected chi connectivity index (χ0v) is 8.21. The summed E-state index contributed by atoms with van der Waals surface area (Å²) in [5.74, 6) is -0.356. The van der Waals surface area contributed by atoms with Crippen molar-refractivity contribution in [3.63, 3.8) is 0 Å². The summed E-state index contributed by atoms with van der Waals surface area (Å²) in [5, 5.41) is 10.0. The van der Waals surface area contributed by atoms with Crippen LogP contribution < -0.4 is 0 Å². The summed E-state index contributed by atoms with van der Waals surface area (Å²) >= 11 is 0. The quantitative estimate of drug-likeness (QED) is 0.745. The molecule has 0 aliphatic rings. The van der Waals surface area contributed by atoms with Crippen LogP contribution in [0.3, 0.4) is 0 Å². The van der Waals surface area contributed by atoms with Gasteiger partial charge in [0.05, 0.1) is 5.60 Å². The highest BCUT2D eigenvalue weighted by Crippen LogP contribution is 2.30. The van der Waals surface area contributed by atoms with Crippen LogP contribution in [0.4, 0.5) is 4.39 Å². The maximum atomic E-state index is 13.3. The Hall–Kier alpha value is -0.890. The van der Waals surface area contributed by atoms with Crippen molar-refractivity contribution in [2.75, 3.05) is 0 Å². The van der Waals surface area contributed by atoms with E-state index in [1.165, 1.54) is 6.07 Å². The fraction of sp³-hybridized carbons (Fsp3) is 0.455. The van der Waals surface area contributed by atoms with Crippen molar-refractivity contribution in [2.24, 2.45) is 5.92 Å². The molecule has 1 rings (SSSR count). The lowest BCUT2D eigenvalue weighted by Crippen LogP contribution is -2.29. The number of aliphatic hydroxyl groups is 1. The van der Waals surface area contributed by atoms with Gasteiger partial charge in [0.1, 0.15) is 5.82 Å². The summed E-state index contributed by atoms with van der Waals surface area (Å²) < 4.78 is 13.3. The molecule has 0 saturated heterocycles. The monoisotopic (exact) mass is 182 g/mol. The largest absolute Gasteiger partial charge is 0.385 e. The Morgan fingerprint density at radius 3 is 2.31 bits per heavy atom. The average molecular weight is 182 g/mol. The van der Waals surface area contributed by atoms with E-state index in [9.17, 15) is 9.50 Å².